The van der Waals surface area contributed by atoms with Crippen LogP contribution in [0.25, 0.3) is 0 Å². The van der Waals surface area contributed by atoms with E-state index in [0.717, 1.165) is 31.8 Å². The van der Waals surface area contributed by atoms with Crippen molar-refractivity contribution >= 4 is 5.91 Å². The fraction of sp³-hybridized carbons (Fsp3) is 0.526. The largest absolute Gasteiger partial charge is 0.303 e. The van der Waals surface area contributed by atoms with Gasteiger partial charge in [0.15, 0.2) is 0 Å². The molecule has 0 saturated heterocycles. The zero-order valence-corrected chi connectivity index (χ0v) is 14.8. The lowest BCUT2D eigenvalue weighted by Crippen LogP contribution is -2.40. The Morgan fingerprint density at radius 2 is 1.91 bits per heavy atom. The highest BCUT2D eigenvalue weighted by Gasteiger charge is 2.15. The van der Waals surface area contributed by atoms with Crippen LogP contribution in [0.4, 0.5) is 0 Å². The molecule has 0 unspecified atom stereocenters. The molecule has 0 aromatic heterocycles. The molecule has 4 nitrogen and oxygen atoms in total. The van der Waals surface area contributed by atoms with Gasteiger partial charge in [-0.15, -0.1) is 0 Å². The molecule has 1 aromatic carbocycles. The summed E-state index contributed by atoms with van der Waals surface area (Å²) in [6.07, 6.45) is 4.28. The third-order valence-electron chi connectivity index (χ3n) is 4.18. The number of rotatable bonds is 5. The van der Waals surface area contributed by atoms with E-state index in [4.69, 9.17) is 0 Å². The van der Waals surface area contributed by atoms with Crippen molar-refractivity contribution in [2.24, 2.45) is 0 Å². The summed E-state index contributed by atoms with van der Waals surface area (Å²) in [5, 5.41) is 0. The third kappa shape index (κ3) is 5.10. The Morgan fingerprint density at radius 1 is 1.22 bits per heavy atom. The van der Waals surface area contributed by atoms with E-state index in [1.165, 1.54) is 12.0 Å². The molecule has 2 rings (SSSR count). The average Bonchev–Trinajstić information content (AvgIpc) is 2.53. The summed E-state index contributed by atoms with van der Waals surface area (Å²) in [5.74, 6) is -0.0950. The van der Waals surface area contributed by atoms with Crippen LogP contribution in [-0.2, 0) is 5.41 Å². The lowest BCUT2D eigenvalue weighted by molar-refractivity contribution is 0.0937. The standard InChI is InChI=1S/C19H29N3O/c1-5-12-22-13-10-17(11-14-22)20-21-18(23)15-6-8-16(9-7-15)19(2,3)4/h6-10,20H,5,11-14H2,1-4H3,(H,21,23). The number of hydrogen-bond donors (Lipinski definition) is 2. The first-order chi connectivity index (χ1) is 10.9. The van der Waals surface area contributed by atoms with Gasteiger partial charge in [-0.25, -0.2) is 0 Å². The summed E-state index contributed by atoms with van der Waals surface area (Å²) in [6, 6.07) is 7.82. The SMILES string of the molecule is CCCN1CC=C(NNC(=O)c2ccc(C(C)(C)C)cc2)CC1. The van der Waals surface area contributed by atoms with E-state index in [-0.39, 0.29) is 11.3 Å². The molecule has 1 aliphatic rings. The van der Waals surface area contributed by atoms with Gasteiger partial charge in [-0.1, -0.05) is 39.8 Å². The predicted molar refractivity (Wildman–Crippen MR) is 95.2 cm³/mol. The molecular formula is C19H29N3O. The van der Waals surface area contributed by atoms with Crippen LogP contribution in [0.5, 0.6) is 0 Å². The minimum atomic E-state index is -0.0950. The first-order valence-electron chi connectivity index (χ1n) is 8.48. The molecule has 1 amide bonds. The fourth-order valence-electron chi connectivity index (χ4n) is 2.67. The van der Waals surface area contributed by atoms with E-state index in [9.17, 15) is 4.79 Å². The molecule has 23 heavy (non-hydrogen) atoms. The molecule has 1 aliphatic heterocycles. The molecular weight excluding hydrogens is 286 g/mol. The minimum Gasteiger partial charge on any atom is -0.303 e. The predicted octanol–water partition coefficient (Wildman–Crippen LogP) is 3.22. The zero-order valence-electron chi connectivity index (χ0n) is 14.8. The highest BCUT2D eigenvalue weighted by Crippen LogP contribution is 2.22. The van der Waals surface area contributed by atoms with Gasteiger partial charge in [0.1, 0.15) is 0 Å². The summed E-state index contributed by atoms with van der Waals surface area (Å²) in [4.78, 5) is 14.6. The molecule has 0 fully saturated rings. The van der Waals surface area contributed by atoms with Crippen molar-refractivity contribution in [3.8, 4) is 0 Å². The molecule has 0 radical (unpaired) electrons. The van der Waals surface area contributed by atoms with Crippen LogP contribution in [0.2, 0.25) is 0 Å². The second kappa shape index (κ2) is 7.64. The number of carbonyl (C=O) groups excluding carboxylic acids is 1. The van der Waals surface area contributed by atoms with E-state index >= 15 is 0 Å². The minimum absolute atomic E-state index is 0.0950. The summed E-state index contributed by atoms with van der Waals surface area (Å²) >= 11 is 0. The maximum absolute atomic E-state index is 12.2. The molecule has 126 valence electrons. The zero-order chi connectivity index (χ0) is 16.9. The maximum Gasteiger partial charge on any atom is 0.269 e. The van der Waals surface area contributed by atoms with E-state index in [2.05, 4.69) is 49.5 Å². The number of nitrogens with one attached hydrogen (secondary N) is 2. The summed E-state index contributed by atoms with van der Waals surface area (Å²) in [6.45, 7) is 11.8. The molecule has 0 saturated carbocycles. The number of hydrazine groups is 1. The Kier molecular flexibility index (Phi) is 5.83. The maximum atomic E-state index is 12.2. The number of benzene rings is 1. The van der Waals surface area contributed by atoms with Crippen molar-refractivity contribution in [1.29, 1.82) is 0 Å². The van der Waals surface area contributed by atoms with Crippen LogP contribution < -0.4 is 10.9 Å². The molecule has 0 spiro atoms. The molecule has 4 heteroatoms. The van der Waals surface area contributed by atoms with Crippen LogP contribution in [0.15, 0.2) is 36.0 Å². The second-order valence-corrected chi connectivity index (χ2v) is 7.19. The van der Waals surface area contributed by atoms with Gasteiger partial charge in [0.25, 0.3) is 5.91 Å². The normalized spacial score (nSPS) is 15.9. The highest BCUT2D eigenvalue weighted by molar-refractivity contribution is 5.93. The van der Waals surface area contributed by atoms with Gasteiger partial charge in [-0.3, -0.25) is 15.1 Å². The topological polar surface area (TPSA) is 44.4 Å². The van der Waals surface area contributed by atoms with E-state index in [1.54, 1.807) is 0 Å². The van der Waals surface area contributed by atoms with Crippen LogP contribution in [-0.4, -0.2) is 30.4 Å². The summed E-state index contributed by atoms with van der Waals surface area (Å²) in [7, 11) is 0. The Bertz CT molecular complexity index is 555. The van der Waals surface area contributed by atoms with Crippen molar-refractivity contribution in [1.82, 2.24) is 15.8 Å². The van der Waals surface area contributed by atoms with Crippen LogP contribution >= 0.6 is 0 Å². The average molecular weight is 315 g/mol. The van der Waals surface area contributed by atoms with Gasteiger partial charge < -0.3 is 5.43 Å². The lowest BCUT2D eigenvalue weighted by atomic mass is 9.87. The first kappa shape index (κ1) is 17.5. The Balaban J connectivity index is 1.86. The van der Waals surface area contributed by atoms with Crippen LogP contribution in [0, 0.1) is 0 Å². The van der Waals surface area contributed by atoms with Crippen molar-refractivity contribution in [2.45, 2.75) is 46.0 Å². The van der Waals surface area contributed by atoms with Gasteiger partial charge in [0.05, 0.1) is 0 Å². The van der Waals surface area contributed by atoms with Crippen LogP contribution in [0.1, 0.15) is 56.5 Å². The van der Waals surface area contributed by atoms with Gasteiger partial charge in [-0.2, -0.15) is 0 Å². The molecule has 0 bridgehead atoms. The lowest BCUT2D eigenvalue weighted by Gasteiger charge is -2.26. The molecule has 2 N–H and O–H groups in total. The fourth-order valence-corrected chi connectivity index (χ4v) is 2.67. The van der Waals surface area contributed by atoms with Crippen molar-refractivity contribution < 1.29 is 4.79 Å². The van der Waals surface area contributed by atoms with Gasteiger partial charge in [-0.05, 0) is 42.2 Å². The number of carbonyl (C=O) groups is 1. The molecule has 0 aliphatic carbocycles. The van der Waals surface area contributed by atoms with Gasteiger partial charge in [0.2, 0.25) is 0 Å². The number of hydrogen-bond acceptors (Lipinski definition) is 3. The quantitative estimate of drug-likeness (QED) is 0.820. The molecule has 1 heterocycles. The first-order valence-corrected chi connectivity index (χ1v) is 8.48. The van der Waals surface area contributed by atoms with Crippen LogP contribution in [0.3, 0.4) is 0 Å². The molecule has 0 atom stereocenters. The Morgan fingerprint density at radius 3 is 2.43 bits per heavy atom. The van der Waals surface area contributed by atoms with Gasteiger partial charge in [0, 0.05) is 30.8 Å². The van der Waals surface area contributed by atoms with E-state index < -0.39 is 0 Å². The second-order valence-electron chi connectivity index (χ2n) is 7.19. The summed E-state index contributed by atoms with van der Waals surface area (Å²) in [5.41, 5.74) is 8.96. The third-order valence-corrected chi connectivity index (χ3v) is 4.18. The Labute approximate surface area is 139 Å². The van der Waals surface area contributed by atoms with E-state index in [1.807, 2.05) is 24.3 Å². The number of nitrogens with zero attached hydrogens (tertiary/aromatic N) is 1. The van der Waals surface area contributed by atoms with Crippen molar-refractivity contribution in [3.05, 3.63) is 47.2 Å². The van der Waals surface area contributed by atoms with Crippen molar-refractivity contribution in [3.63, 3.8) is 0 Å². The molecule has 1 aromatic rings. The van der Waals surface area contributed by atoms with Crippen molar-refractivity contribution in [2.75, 3.05) is 19.6 Å². The van der Waals surface area contributed by atoms with E-state index in [0.29, 0.717) is 5.56 Å². The number of amides is 1. The summed E-state index contributed by atoms with van der Waals surface area (Å²) < 4.78 is 0. The smallest absolute Gasteiger partial charge is 0.269 e. The highest BCUT2D eigenvalue weighted by atomic mass is 16.2. The monoisotopic (exact) mass is 315 g/mol. The Hall–Kier alpha value is -1.81. The van der Waals surface area contributed by atoms with Gasteiger partial charge >= 0.3 is 0 Å².